The Hall–Kier alpha value is -1.83. The number of benzene rings is 2. The Morgan fingerprint density at radius 3 is 2.71 bits per heavy atom. The first kappa shape index (κ1) is 11.6. The summed E-state index contributed by atoms with van der Waals surface area (Å²) in [7, 11) is 0. The molecular formula is C15H16O2. The Morgan fingerprint density at radius 1 is 1.18 bits per heavy atom. The van der Waals surface area contributed by atoms with Crippen molar-refractivity contribution >= 4 is 16.6 Å². The number of hydrogen-bond donors (Lipinski definition) is 1. The zero-order valence-electron chi connectivity index (χ0n) is 9.94. The summed E-state index contributed by atoms with van der Waals surface area (Å²) in [6.45, 7) is 2.05. The second kappa shape index (κ2) is 5.00. The third kappa shape index (κ3) is 2.31. The minimum atomic E-state index is 0.0288. The standard InChI is InChI=1S/C15H16O2/c1-2-3-8-13(16)15-12-7-5-4-6-11(12)9-10-14(15)17/h4-7,9-10,17H,2-3,8H2,1H3. The van der Waals surface area contributed by atoms with Crippen LogP contribution in [0.1, 0.15) is 36.5 Å². The van der Waals surface area contributed by atoms with E-state index in [9.17, 15) is 9.90 Å². The van der Waals surface area contributed by atoms with Crippen molar-refractivity contribution in [3.05, 3.63) is 42.0 Å². The van der Waals surface area contributed by atoms with Crippen LogP contribution in [0.25, 0.3) is 10.8 Å². The third-order valence-electron chi connectivity index (χ3n) is 2.94. The lowest BCUT2D eigenvalue weighted by atomic mass is 9.97. The fourth-order valence-corrected chi connectivity index (χ4v) is 2.02. The molecule has 17 heavy (non-hydrogen) atoms. The molecule has 0 saturated heterocycles. The van der Waals surface area contributed by atoms with Gasteiger partial charge in [0.15, 0.2) is 5.78 Å². The first-order valence-electron chi connectivity index (χ1n) is 5.98. The van der Waals surface area contributed by atoms with Gasteiger partial charge in [0.2, 0.25) is 0 Å². The number of phenols is 1. The summed E-state index contributed by atoms with van der Waals surface area (Å²) >= 11 is 0. The highest BCUT2D eigenvalue weighted by Gasteiger charge is 2.14. The van der Waals surface area contributed by atoms with Gasteiger partial charge in [-0.1, -0.05) is 43.7 Å². The maximum absolute atomic E-state index is 12.1. The summed E-state index contributed by atoms with van der Waals surface area (Å²) in [6.07, 6.45) is 2.34. The van der Waals surface area contributed by atoms with E-state index in [1.807, 2.05) is 30.3 Å². The number of unbranched alkanes of at least 4 members (excludes halogenated alkanes) is 1. The smallest absolute Gasteiger partial charge is 0.167 e. The third-order valence-corrected chi connectivity index (χ3v) is 2.94. The summed E-state index contributed by atoms with van der Waals surface area (Å²) < 4.78 is 0. The Morgan fingerprint density at radius 2 is 1.94 bits per heavy atom. The quantitative estimate of drug-likeness (QED) is 0.805. The summed E-state index contributed by atoms with van der Waals surface area (Å²) in [4.78, 5) is 12.1. The van der Waals surface area contributed by atoms with E-state index in [2.05, 4.69) is 6.92 Å². The van der Waals surface area contributed by atoms with Gasteiger partial charge in [-0.2, -0.15) is 0 Å². The molecule has 2 rings (SSSR count). The highest BCUT2D eigenvalue weighted by molar-refractivity contribution is 6.10. The number of ketones is 1. The lowest BCUT2D eigenvalue weighted by molar-refractivity contribution is 0.0979. The molecule has 2 nitrogen and oxygen atoms in total. The molecule has 0 aromatic heterocycles. The SMILES string of the molecule is CCCCC(=O)c1c(O)ccc2ccccc12. The first-order chi connectivity index (χ1) is 8.24. The fourth-order valence-electron chi connectivity index (χ4n) is 2.02. The molecule has 0 unspecified atom stereocenters. The van der Waals surface area contributed by atoms with E-state index in [1.165, 1.54) is 0 Å². The van der Waals surface area contributed by atoms with Crippen LogP contribution in [0.15, 0.2) is 36.4 Å². The molecule has 0 heterocycles. The van der Waals surface area contributed by atoms with E-state index in [0.29, 0.717) is 12.0 Å². The Balaban J connectivity index is 2.51. The molecule has 2 heteroatoms. The number of carbonyl (C=O) groups excluding carboxylic acids is 1. The molecular weight excluding hydrogens is 212 g/mol. The lowest BCUT2D eigenvalue weighted by Crippen LogP contribution is -2.00. The zero-order chi connectivity index (χ0) is 12.3. The summed E-state index contributed by atoms with van der Waals surface area (Å²) in [5.41, 5.74) is 0.469. The average molecular weight is 228 g/mol. The zero-order valence-corrected chi connectivity index (χ0v) is 9.94. The largest absolute Gasteiger partial charge is 0.507 e. The molecule has 0 fully saturated rings. The van der Waals surface area contributed by atoms with Crippen molar-refractivity contribution < 1.29 is 9.90 Å². The van der Waals surface area contributed by atoms with E-state index in [4.69, 9.17) is 0 Å². The molecule has 0 atom stereocenters. The van der Waals surface area contributed by atoms with Crippen molar-refractivity contribution in [3.63, 3.8) is 0 Å². The van der Waals surface area contributed by atoms with E-state index < -0.39 is 0 Å². The van der Waals surface area contributed by atoms with Crippen LogP contribution in [0.3, 0.4) is 0 Å². The van der Waals surface area contributed by atoms with Crippen molar-refractivity contribution in [2.75, 3.05) is 0 Å². The number of phenolic OH excluding ortho intramolecular Hbond substituents is 1. The predicted octanol–water partition coefficient (Wildman–Crippen LogP) is 3.92. The van der Waals surface area contributed by atoms with Gasteiger partial charge in [-0.05, 0) is 23.3 Å². The van der Waals surface area contributed by atoms with Gasteiger partial charge in [0.05, 0.1) is 5.56 Å². The Kier molecular flexibility index (Phi) is 3.43. The second-order valence-corrected chi connectivity index (χ2v) is 4.21. The predicted molar refractivity (Wildman–Crippen MR) is 69.5 cm³/mol. The topological polar surface area (TPSA) is 37.3 Å². The number of rotatable bonds is 4. The highest BCUT2D eigenvalue weighted by atomic mass is 16.3. The second-order valence-electron chi connectivity index (χ2n) is 4.21. The molecule has 2 aromatic carbocycles. The minimum Gasteiger partial charge on any atom is -0.507 e. The van der Waals surface area contributed by atoms with Gasteiger partial charge in [-0.25, -0.2) is 0 Å². The van der Waals surface area contributed by atoms with E-state index in [0.717, 1.165) is 23.6 Å². The molecule has 0 spiro atoms. The molecule has 0 saturated carbocycles. The van der Waals surface area contributed by atoms with Crippen molar-refractivity contribution in [3.8, 4) is 5.75 Å². The van der Waals surface area contributed by atoms with Crippen LogP contribution < -0.4 is 0 Å². The van der Waals surface area contributed by atoms with Crippen LogP contribution in [-0.2, 0) is 0 Å². The molecule has 88 valence electrons. The molecule has 0 aliphatic rings. The normalized spacial score (nSPS) is 10.6. The van der Waals surface area contributed by atoms with Crippen molar-refractivity contribution in [1.82, 2.24) is 0 Å². The summed E-state index contributed by atoms with van der Waals surface area (Å²) in [5, 5.41) is 11.7. The van der Waals surface area contributed by atoms with Crippen molar-refractivity contribution in [1.29, 1.82) is 0 Å². The molecule has 2 aromatic rings. The van der Waals surface area contributed by atoms with Crippen LogP contribution in [-0.4, -0.2) is 10.9 Å². The van der Waals surface area contributed by atoms with Crippen molar-refractivity contribution in [2.24, 2.45) is 0 Å². The van der Waals surface area contributed by atoms with Crippen LogP contribution in [0.4, 0.5) is 0 Å². The first-order valence-corrected chi connectivity index (χ1v) is 5.98. The Labute approximate surface area is 101 Å². The average Bonchev–Trinajstić information content (AvgIpc) is 2.35. The molecule has 0 aliphatic carbocycles. The number of fused-ring (bicyclic) bond motifs is 1. The number of carbonyl (C=O) groups is 1. The van der Waals surface area contributed by atoms with Crippen LogP contribution in [0.2, 0.25) is 0 Å². The number of Topliss-reactive ketones (excluding diaryl/α,β-unsaturated/α-hetero) is 1. The Bertz CT molecular complexity index is 544. The van der Waals surface area contributed by atoms with Gasteiger partial charge >= 0.3 is 0 Å². The van der Waals surface area contributed by atoms with Gasteiger partial charge in [-0.3, -0.25) is 4.79 Å². The lowest BCUT2D eigenvalue weighted by Gasteiger charge is -2.07. The highest BCUT2D eigenvalue weighted by Crippen LogP contribution is 2.28. The molecule has 0 aliphatic heterocycles. The van der Waals surface area contributed by atoms with Gasteiger partial charge in [-0.15, -0.1) is 0 Å². The maximum Gasteiger partial charge on any atom is 0.167 e. The van der Waals surface area contributed by atoms with Gasteiger partial charge < -0.3 is 5.11 Å². The van der Waals surface area contributed by atoms with Gasteiger partial charge in [0.25, 0.3) is 0 Å². The van der Waals surface area contributed by atoms with Crippen molar-refractivity contribution in [2.45, 2.75) is 26.2 Å². The number of hydrogen-bond acceptors (Lipinski definition) is 2. The van der Waals surface area contributed by atoms with E-state index >= 15 is 0 Å². The van der Waals surface area contributed by atoms with Crippen LogP contribution >= 0.6 is 0 Å². The monoisotopic (exact) mass is 228 g/mol. The molecule has 0 radical (unpaired) electrons. The fraction of sp³-hybridized carbons (Fsp3) is 0.267. The van der Waals surface area contributed by atoms with E-state index in [-0.39, 0.29) is 11.5 Å². The summed E-state index contributed by atoms with van der Waals surface area (Å²) in [5.74, 6) is 0.117. The summed E-state index contributed by atoms with van der Waals surface area (Å²) in [6, 6.07) is 11.1. The number of aromatic hydroxyl groups is 1. The van der Waals surface area contributed by atoms with E-state index in [1.54, 1.807) is 6.07 Å². The van der Waals surface area contributed by atoms with Gasteiger partial charge in [0, 0.05) is 6.42 Å². The minimum absolute atomic E-state index is 0.0288. The maximum atomic E-state index is 12.1. The molecule has 0 amide bonds. The molecule has 1 N–H and O–H groups in total. The van der Waals surface area contributed by atoms with Crippen LogP contribution in [0, 0.1) is 0 Å². The van der Waals surface area contributed by atoms with Gasteiger partial charge in [0.1, 0.15) is 5.75 Å². The molecule has 0 bridgehead atoms. The van der Waals surface area contributed by atoms with Crippen LogP contribution in [0.5, 0.6) is 5.75 Å².